The lowest BCUT2D eigenvalue weighted by atomic mass is 9.96. The van der Waals surface area contributed by atoms with E-state index >= 15 is 0 Å². The van der Waals surface area contributed by atoms with Crippen LogP contribution in [0.1, 0.15) is 62.0 Å². The fraction of sp³-hybridized carbons (Fsp3) is 0.842. The lowest BCUT2D eigenvalue weighted by Gasteiger charge is -2.33. The third kappa shape index (κ3) is 5.04. The van der Waals surface area contributed by atoms with Crippen molar-refractivity contribution in [1.82, 2.24) is 30.1 Å². The van der Waals surface area contributed by atoms with Gasteiger partial charge in [-0.2, -0.15) is 0 Å². The van der Waals surface area contributed by atoms with Crippen LogP contribution in [0.2, 0.25) is 0 Å². The van der Waals surface area contributed by atoms with Gasteiger partial charge >= 0.3 is 0 Å². The number of rotatable bonds is 7. The van der Waals surface area contributed by atoms with Crippen LogP contribution in [0, 0.1) is 5.92 Å². The van der Waals surface area contributed by atoms with Crippen LogP contribution in [0.15, 0.2) is 6.20 Å². The van der Waals surface area contributed by atoms with Crippen LogP contribution in [0.25, 0.3) is 0 Å². The highest BCUT2D eigenvalue weighted by Gasteiger charge is 2.26. The molecule has 3 heterocycles. The Labute approximate surface area is 157 Å². The highest BCUT2D eigenvalue weighted by molar-refractivity contribution is 5.92. The van der Waals surface area contributed by atoms with Crippen LogP contribution in [-0.4, -0.2) is 77.0 Å². The minimum absolute atomic E-state index is 0.0444. The van der Waals surface area contributed by atoms with Crippen molar-refractivity contribution in [1.29, 1.82) is 0 Å². The number of unbranched alkanes of at least 4 members (excludes halogenated alkanes) is 1. The zero-order valence-corrected chi connectivity index (χ0v) is 16.4. The number of piperidine rings is 2. The van der Waals surface area contributed by atoms with Crippen molar-refractivity contribution in [2.45, 2.75) is 51.5 Å². The van der Waals surface area contributed by atoms with E-state index in [2.05, 4.69) is 34.5 Å². The van der Waals surface area contributed by atoms with Crippen molar-refractivity contribution < 1.29 is 4.79 Å². The summed E-state index contributed by atoms with van der Waals surface area (Å²) in [5, 5.41) is 11.7. The van der Waals surface area contributed by atoms with Crippen molar-refractivity contribution in [3.05, 3.63) is 11.9 Å². The molecule has 7 heteroatoms. The summed E-state index contributed by atoms with van der Waals surface area (Å²) in [6.07, 6.45) is 8.63. The molecule has 2 fully saturated rings. The van der Waals surface area contributed by atoms with E-state index in [1.807, 2.05) is 15.8 Å². The van der Waals surface area contributed by atoms with Gasteiger partial charge in [0.25, 0.3) is 5.91 Å². The van der Waals surface area contributed by atoms with E-state index in [4.69, 9.17) is 0 Å². The number of amides is 1. The molecule has 2 aliphatic rings. The van der Waals surface area contributed by atoms with E-state index in [-0.39, 0.29) is 5.91 Å². The van der Waals surface area contributed by atoms with Crippen LogP contribution in [0.4, 0.5) is 0 Å². The van der Waals surface area contributed by atoms with Gasteiger partial charge in [-0.05, 0) is 64.7 Å². The van der Waals surface area contributed by atoms with Gasteiger partial charge in [-0.15, -0.1) is 5.10 Å². The third-order valence-corrected chi connectivity index (χ3v) is 5.78. The van der Waals surface area contributed by atoms with Crippen molar-refractivity contribution in [2.24, 2.45) is 5.92 Å². The summed E-state index contributed by atoms with van der Waals surface area (Å²) in [5.41, 5.74) is 0.502. The lowest BCUT2D eigenvalue weighted by Crippen LogP contribution is -2.41. The fourth-order valence-electron chi connectivity index (χ4n) is 4.07. The molecule has 1 aromatic rings. The van der Waals surface area contributed by atoms with Crippen LogP contribution >= 0.6 is 0 Å². The number of hydrogen-bond donors (Lipinski definition) is 1. The molecular formula is C19H34N6O. The van der Waals surface area contributed by atoms with E-state index in [0.717, 1.165) is 58.4 Å². The van der Waals surface area contributed by atoms with E-state index in [9.17, 15) is 4.79 Å². The Bertz CT molecular complexity index is 560. The van der Waals surface area contributed by atoms with Crippen molar-refractivity contribution in [2.75, 3.05) is 46.3 Å². The summed E-state index contributed by atoms with van der Waals surface area (Å²) in [5.74, 6) is 0.745. The summed E-state index contributed by atoms with van der Waals surface area (Å²) < 4.78 is 1.89. The average molecular weight is 363 g/mol. The Morgan fingerprint density at radius 3 is 2.69 bits per heavy atom. The van der Waals surface area contributed by atoms with Gasteiger partial charge in [-0.3, -0.25) is 4.79 Å². The molecule has 0 atom stereocenters. The molecule has 1 N–H and O–H groups in total. The van der Waals surface area contributed by atoms with Crippen LogP contribution in [0.3, 0.4) is 0 Å². The maximum absolute atomic E-state index is 12.8. The summed E-state index contributed by atoms with van der Waals surface area (Å²) >= 11 is 0. The molecule has 0 spiro atoms. The van der Waals surface area contributed by atoms with Gasteiger partial charge in [0, 0.05) is 19.6 Å². The molecule has 0 saturated carbocycles. The molecular weight excluding hydrogens is 328 g/mol. The van der Waals surface area contributed by atoms with Crippen LogP contribution in [0.5, 0.6) is 0 Å². The third-order valence-electron chi connectivity index (χ3n) is 5.78. The quantitative estimate of drug-likeness (QED) is 0.801. The first kappa shape index (κ1) is 19.3. The van der Waals surface area contributed by atoms with Gasteiger partial charge in [0.2, 0.25) is 0 Å². The lowest BCUT2D eigenvalue weighted by molar-refractivity contribution is 0.0667. The number of carbonyl (C=O) groups is 1. The molecule has 3 rings (SSSR count). The normalized spacial score (nSPS) is 20.0. The zero-order chi connectivity index (χ0) is 18.4. The number of nitrogens with zero attached hydrogens (tertiary/aromatic N) is 5. The molecule has 0 aromatic carbocycles. The summed E-state index contributed by atoms with van der Waals surface area (Å²) in [7, 11) is 2.21. The maximum atomic E-state index is 12.8. The van der Waals surface area contributed by atoms with E-state index < -0.39 is 0 Å². The van der Waals surface area contributed by atoms with E-state index in [0.29, 0.717) is 17.7 Å². The zero-order valence-electron chi connectivity index (χ0n) is 16.4. The van der Waals surface area contributed by atoms with Gasteiger partial charge in [0.15, 0.2) is 5.69 Å². The number of hydrogen-bond acceptors (Lipinski definition) is 5. The molecule has 0 bridgehead atoms. The van der Waals surface area contributed by atoms with Crippen molar-refractivity contribution >= 4 is 5.91 Å². The van der Waals surface area contributed by atoms with Gasteiger partial charge in [-0.1, -0.05) is 18.6 Å². The number of likely N-dealkylation sites (tertiary alicyclic amines) is 1. The smallest absolute Gasteiger partial charge is 0.276 e. The molecule has 0 unspecified atom stereocenters. The molecule has 1 aromatic heterocycles. The second-order valence-corrected chi connectivity index (χ2v) is 7.92. The van der Waals surface area contributed by atoms with E-state index in [1.165, 1.54) is 19.4 Å². The monoisotopic (exact) mass is 362 g/mol. The van der Waals surface area contributed by atoms with E-state index in [1.54, 1.807) is 0 Å². The molecule has 0 radical (unpaired) electrons. The highest BCUT2D eigenvalue weighted by Crippen LogP contribution is 2.21. The Kier molecular flexibility index (Phi) is 7.02. The van der Waals surface area contributed by atoms with Gasteiger partial charge in [-0.25, -0.2) is 4.68 Å². The number of aromatic nitrogens is 3. The Morgan fingerprint density at radius 2 is 2.00 bits per heavy atom. The summed E-state index contributed by atoms with van der Waals surface area (Å²) in [6.45, 7) is 8.25. The Hall–Kier alpha value is -1.47. The average Bonchev–Trinajstić information content (AvgIpc) is 3.17. The molecule has 146 valence electrons. The molecule has 1 amide bonds. The van der Waals surface area contributed by atoms with Crippen molar-refractivity contribution in [3.8, 4) is 0 Å². The maximum Gasteiger partial charge on any atom is 0.276 e. The fourth-order valence-corrected chi connectivity index (χ4v) is 4.07. The second kappa shape index (κ2) is 9.46. The van der Waals surface area contributed by atoms with Crippen LogP contribution < -0.4 is 5.32 Å². The number of nitrogens with one attached hydrogen (secondary N) is 1. The van der Waals surface area contributed by atoms with Gasteiger partial charge < -0.3 is 15.1 Å². The minimum Gasteiger partial charge on any atom is -0.337 e. The first-order valence-corrected chi connectivity index (χ1v) is 10.3. The standard InChI is InChI=1S/C19H34N6O/c1-3-4-11-23(2)14-16-7-12-24(13-8-16)19(26)18-15-25(22-21-18)17-5-9-20-10-6-17/h15-17,20H,3-14H2,1-2H3. The van der Waals surface area contributed by atoms with Gasteiger partial charge in [0.1, 0.15) is 0 Å². The first-order chi connectivity index (χ1) is 12.7. The van der Waals surface area contributed by atoms with Gasteiger partial charge in [0.05, 0.1) is 12.2 Å². The first-order valence-electron chi connectivity index (χ1n) is 10.3. The largest absolute Gasteiger partial charge is 0.337 e. The predicted molar refractivity (Wildman–Crippen MR) is 102 cm³/mol. The molecule has 7 nitrogen and oxygen atoms in total. The molecule has 2 aliphatic heterocycles. The number of carbonyl (C=O) groups excluding carboxylic acids is 1. The molecule has 2 saturated heterocycles. The minimum atomic E-state index is 0.0444. The summed E-state index contributed by atoms with van der Waals surface area (Å²) in [4.78, 5) is 17.2. The highest BCUT2D eigenvalue weighted by atomic mass is 16.2. The topological polar surface area (TPSA) is 66.3 Å². The second-order valence-electron chi connectivity index (χ2n) is 7.92. The molecule has 0 aliphatic carbocycles. The SMILES string of the molecule is CCCCN(C)CC1CCN(C(=O)c2cn(C3CCNCC3)nn2)CC1. The predicted octanol–water partition coefficient (Wildman–Crippen LogP) is 1.79. The Balaban J connectivity index is 1.47. The molecule has 26 heavy (non-hydrogen) atoms. The Morgan fingerprint density at radius 1 is 1.27 bits per heavy atom. The van der Waals surface area contributed by atoms with Crippen molar-refractivity contribution in [3.63, 3.8) is 0 Å². The summed E-state index contributed by atoms with van der Waals surface area (Å²) in [6, 6.07) is 0.370. The van der Waals surface area contributed by atoms with Crippen LogP contribution in [-0.2, 0) is 0 Å².